The second kappa shape index (κ2) is 7.40. The predicted molar refractivity (Wildman–Crippen MR) is 110 cm³/mol. The summed E-state index contributed by atoms with van der Waals surface area (Å²) in [7, 11) is -4.12. The van der Waals surface area contributed by atoms with Crippen LogP contribution in [0.5, 0.6) is 0 Å². The Balaban J connectivity index is 2.08. The van der Waals surface area contributed by atoms with Gasteiger partial charge in [-0.15, -0.1) is 0 Å². The maximum Gasteiger partial charge on any atom is 0.238 e. The third-order valence-electron chi connectivity index (χ3n) is 4.90. The smallest absolute Gasteiger partial charge is 0.238 e. The molecule has 2 aromatic rings. The molecule has 0 unspecified atom stereocenters. The van der Waals surface area contributed by atoms with Crippen molar-refractivity contribution in [3.8, 4) is 11.1 Å². The Hall–Kier alpha value is -3.07. The molecule has 1 aliphatic rings. The fourth-order valence-corrected chi connectivity index (χ4v) is 4.43. The monoisotopic (exact) mass is 416 g/mol. The van der Waals surface area contributed by atoms with E-state index in [1.807, 2.05) is 0 Å². The summed E-state index contributed by atoms with van der Waals surface area (Å²) in [5.41, 5.74) is 12.3. The maximum atomic E-state index is 14.8. The average Bonchev–Trinajstić information content (AvgIpc) is 2.68. The highest BCUT2D eigenvalue weighted by Gasteiger charge is 2.42. The zero-order valence-electron chi connectivity index (χ0n) is 16.0. The highest BCUT2D eigenvalue weighted by Crippen LogP contribution is 2.34. The summed E-state index contributed by atoms with van der Waals surface area (Å²) < 4.78 is 39.2. The molecule has 0 aliphatic carbocycles. The van der Waals surface area contributed by atoms with Gasteiger partial charge < -0.3 is 11.5 Å². The second-order valence-corrected chi connectivity index (χ2v) is 9.61. The highest BCUT2D eigenvalue weighted by molar-refractivity contribution is 7.93. The number of nitrogens with two attached hydrogens (primary N) is 2. The number of primary amides is 1. The van der Waals surface area contributed by atoms with E-state index in [0.717, 1.165) is 0 Å². The number of hydrogen-bond acceptors (Lipinski definition) is 6. The molecule has 0 atom stereocenters. The maximum absolute atomic E-state index is 14.8. The van der Waals surface area contributed by atoms with Crippen LogP contribution in [0.25, 0.3) is 11.1 Å². The number of amides is 1. The molecule has 3 rings (SSSR count). The van der Waals surface area contributed by atoms with Gasteiger partial charge in [0.05, 0.1) is 23.7 Å². The van der Waals surface area contributed by atoms with E-state index in [1.165, 1.54) is 38.1 Å². The number of carbonyl (C=O) groups is 1. The van der Waals surface area contributed by atoms with Crippen LogP contribution in [0.1, 0.15) is 19.4 Å². The zero-order valence-corrected chi connectivity index (χ0v) is 16.8. The fourth-order valence-electron chi connectivity index (χ4n) is 2.89. The molecule has 9 heteroatoms. The van der Waals surface area contributed by atoms with Gasteiger partial charge in [-0.1, -0.05) is 24.3 Å². The van der Waals surface area contributed by atoms with Crippen molar-refractivity contribution in [2.75, 3.05) is 13.1 Å². The zero-order chi connectivity index (χ0) is 21.4. The number of amidine groups is 1. The van der Waals surface area contributed by atoms with Crippen LogP contribution in [0.15, 0.2) is 57.3 Å². The molecule has 0 fully saturated rings. The molecule has 0 saturated heterocycles. The summed E-state index contributed by atoms with van der Waals surface area (Å²) >= 11 is 0. The first-order valence-electron chi connectivity index (χ1n) is 8.81. The lowest BCUT2D eigenvalue weighted by molar-refractivity contribution is -0.119. The molecule has 1 amide bonds. The van der Waals surface area contributed by atoms with Crippen molar-refractivity contribution in [1.29, 1.82) is 0 Å². The first-order chi connectivity index (χ1) is 13.6. The van der Waals surface area contributed by atoms with Crippen molar-refractivity contribution >= 4 is 27.3 Å². The van der Waals surface area contributed by atoms with Crippen molar-refractivity contribution in [3.63, 3.8) is 0 Å². The van der Waals surface area contributed by atoms with Crippen LogP contribution >= 0.6 is 0 Å². The fraction of sp³-hybridized carbons (Fsp3) is 0.250. The molecule has 1 heterocycles. The van der Waals surface area contributed by atoms with Gasteiger partial charge in [-0.25, -0.2) is 12.8 Å². The van der Waals surface area contributed by atoms with Gasteiger partial charge in [-0.3, -0.25) is 14.8 Å². The lowest BCUT2D eigenvalue weighted by Gasteiger charge is -2.23. The van der Waals surface area contributed by atoms with Crippen LogP contribution in [0, 0.1) is 5.82 Å². The molecule has 1 aliphatic heterocycles. The van der Waals surface area contributed by atoms with Crippen molar-refractivity contribution in [2.45, 2.75) is 23.5 Å². The molecular weight excluding hydrogens is 395 g/mol. The van der Waals surface area contributed by atoms with E-state index >= 15 is 0 Å². The summed E-state index contributed by atoms with van der Waals surface area (Å²) in [6.07, 6.45) is 0. The number of benzene rings is 2. The third-order valence-corrected chi connectivity index (χ3v) is 7.38. The topological polar surface area (TPSA) is 128 Å². The Labute approximate surface area is 168 Å². The average molecular weight is 416 g/mol. The summed E-state index contributed by atoms with van der Waals surface area (Å²) in [4.78, 5) is 19.9. The highest BCUT2D eigenvalue weighted by atomic mass is 32.2. The van der Waals surface area contributed by atoms with Crippen LogP contribution < -0.4 is 11.5 Å². The Morgan fingerprint density at radius 2 is 1.76 bits per heavy atom. The molecule has 0 bridgehead atoms. The number of halogens is 1. The number of hydrogen-bond donors (Lipinski definition) is 2. The van der Waals surface area contributed by atoms with Crippen LogP contribution in [0.3, 0.4) is 0 Å². The van der Waals surface area contributed by atoms with Crippen molar-refractivity contribution in [2.24, 2.45) is 21.5 Å². The van der Waals surface area contributed by atoms with Gasteiger partial charge in [-0.2, -0.15) is 0 Å². The largest absolute Gasteiger partial charge is 0.386 e. The van der Waals surface area contributed by atoms with Crippen molar-refractivity contribution < 1.29 is 17.6 Å². The number of aliphatic imine (C=N–C) groups is 2. The molecule has 29 heavy (non-hydrogen) atoms. The minimum Gasteiger partial charge on any atom is -0.386 e. The van der Waals surface area contributed by atoms with Gasteiger partial charge in [0.2, 0.25) is 5.91 Å². The Kier molecular flexibility index (Phi) is 5.27. The van der Waals surface area contributed by atoms with Crippen molar-refractivity contribution in [1.82, 2.24) is 0 Å². The molecular formula is C20H21FN4O3S. The van der Waals surface area contributed by atoms with Gasteiger partial charge in [0.1, 0.15) is 16.4 Å². The van der Waals surface area contributed by atoms with E-state index in [4.69, 9.17) is 11.5 Å². The second-order valence-electron chi connectivity index (χ2n) is 7.14. The van der Waals surface area contributed by atoms with E-state index in [0.29, 0.717) is 17.1 Å². The number of nitrogens with zero attached hydrogens (tertiary/aromatic N) is 2. The van der Waals surface area contributed by atoms with E-state index in [1.54, 1.807) is 18.2 Å². The number of rotatable bonds is 5. The van der Waals surface area contributed by atoms with E-state index in [9.17, 15) is 17.6 Å². The predicted octanol–water partition coefficient (Wildman–Crippen LogP) is 1.69. The van der Waals surface area contributed by atoms with E-state index in [2.05, 4.69) is 9.98 Å². The third kappa shape index (κ3) is 3.65. The molecule has 4 N–H and O–H groups in total. The summed E-state index contributed by atoms with van der Waals surface area (Å²) in [6, 6.07) is 10.5. The summed E-state index contributed by atoms with van der Waals surface area (Å²) in [6.45, 7) is 2.89. The summed E-state index contributed by atoms with van der Waals surface area (Å²) in [5.74, 6) is -1.13. The van der Waals surface area contributed by atoms with Gasteiger partial charge in [0.15, 0.2) is 9.84 Å². The van der Waals surface area contributed by atoms with Crippen LogP contribution in [0.2, 0.25) is 0 Å². The first kappa shape index (κ1) is 20.7. The van der Waals surface area contributed by atoms with Gasteiger partial charge >= 0.3 is 0 Å². The number of sulfone groups is 1. The van der Waals surface area contributed by atoms with Crippen LogP contribution in [-0.4, -0.2) is 43.7 Å². The van der Waals surface area contributed by atoms with E-state index < -0.39 is 26.3 Å². The van der Waals surface area contributed by atoms with Gasteiger partial charge in [0, 0.05) is 11.1 Å². The molecule has 0 radical (unpaired) electrons. The molecule has 2 aromatic carbocycles. The molecule has 152 valence electrons. The minimum atomic E-state index is -4.12. The Bertz CT molecular complexity index is 1150. The molecule has 0 spiro atoms. The van der Waals surface area contributed by atoms with Gasteiger partial charge in [0.25, 0.3) is 0 Å². The quantitative estimate of drug-likeness (QED) is 0.768. The van der Waals surface area contributed by atoms with Crippen molar-refractivity contribution in [3.05, 3.63) is 53.8 Å². The van der Waals surface area contributed by atoms with E-state index in [-0.39, 0.29) is 29.1 Å². The Morgan fingerprint density at radius 3 is 2.34 bits per heavy atom. The molecule has 7 nitrogen and oxygen atoms in total. The standard InChI is InChI=1S/C20H21FN4O3S/c1-20(2,19(23)26)29(27,28)17-6-4-3-5-13(17)12-7-8-14(15(21)9-12)16-10-25-18(22)11-24-16/h3-9H,10-11H2,1-2H3,(H2,22,25)(H2,23,26). The number of carbonyl (C=O) groups excluding carboxylic acids is 1. The Morgan fingerprint density at radius 1 is 1.07 bits per heavy atom. The minimum absolute atomic E-state index is 0.0941. The lowest BCUT2D eigenvalue weighted by Crippen LogP contribution is -2.45. The lowest BCUT2D eigenvalue weighted by atomic mass is 10.0. The normalized spacial score (nSPS) is 14.9. The molecule has 0 aromatic heterocycles. The van der Waals surface area contributed by atoms with Gasteiger partial charge in [-0.05, 0) is 37.6 Å². The molecule has 0 saturated carbocycles. The van der Waals surface area contributed by atoms with Crippen LogP contribution in [0.4, 0.5) is 4.39 Å². The first-order valence-corrected chi connectivity index (χ1v) is 10.3. The SMILES string of the molecule is CC(C)(C(N)=O)S(=O)(=O)c1ccccc1-c1ccc(C2=NCC(N)=NC2)c(F)c1. The summed E-state index contributed by atoms with van der Waals surface area (Å²) in [5, 5.41) is 0. The van der Waals surface area contributed by atoms with Crippen LogP contribution in [-0.2, 0) is 14.6 Å².